The maximum atomic E-state index is 9.81. The first-order chi connectivity index (χ1) is 11.2. The van der Waals surface area contributed by atoms with E-state index in [1.165, 1.54) is 17.3 Å². The standard InChI is InChI=1S/C14H17N9/c1-16-11-19-12(21-13(20-11)23-8-17-7-18-23)22-14(6-15,9-2-3-9)10-4-5-10/h7-10H,2-5H2,1H3,(H2,16,19,20,21,22). The minimum Gasteiger partial charge on any atom is -0.357 e. The Labute approximate surface area is 133 Å². The third kappa shape index (κ3) is 2.46. The van der Waals surface area contributed by atoms with E-state index in [1.807, 2.05) is 0 Å². The second-order valence-corrected chi connectivity index (χ2v) is 6.03. The van der Waals surface area contributed by atoms with Crippen LogP contribution in [-0.2, 0) is 0 Å². The molecule has 0 spiro atoms. The fourth-order valence-corrected chi connectivity index (χ4v) is 2.96. The first-order valence-corrected chi connectivity index (χ1v) is 7.73. The molecule has 2 aliphatic rings. The fourth-order valence-electron chi connectivity index (χ4n) is 2.96. The molecule has 2 aromatic heterocycles. The van der Waals surface area contributed by atoms with Crippen LogP contribution in [0.15, 0.2) is 12.7 Å². The molecule has 0 amide bonds. The van der Waals surface area contributed by atoms with Crippen molar-refractivity contribution in [3.05, 3.63) is 12.7 Å². The molecule has 9 nitrogen and oxygen atoms in total. The number of aromatic nitrogens is 6. The quantitative estimate of drug-likeness (QED) is 0.811. The van der Waals surface area contributed by atoms with E-state index in [0.29, 0.717) is 29.7 Å². The van der Waals surface area contributed by atoms with Crippen molar-refractivity contribution in [1.29, 1.82) is 5.26 Å². The molecule has 9 heteroatoms. The van der Waals surface area contributed by atoms with Crippen molar-refractivity contribution in [2.45, 2.75) is 31.2 Å². The van der Waals surface area contributed by atoms with Gasteiger partial charge in [0.2, 0.25) is 11.9 Å². The van der Waals surface area contributed by atoms with Gasteiger partial charge in [0.1, 0.15) is 18.2 Å². The molecule has 0 radical (unpaired) electrons. The third-order valence-electron chi connectivity index (χ3n) is 4.42. The van der Waals surface area contributed by atoms with Crippen LogP contribution in [0.1, 0.15) is 25.7 Å². The molecule has 2 aliphatic carbocycles. The van der Waals surface area contributed by atoms with E-state index < -0.39 is 5.54 Å². The molecular formula is C14H17N9. The summed E-state index contributed by atoms with van der Waals surface area (Å²) in [5.41, 5.74) is -0.563. The molecule has 0 saturated heterocycles. The topological polar surface area (TPSA) is 117 Å². The first kappa shape index (κ1) is 13.9. The smallest absolute Gasteiger partial charge is 0.258 e. The zero-order chi connectivity index (χ0) is 15.9. The molecule has 0 aromatic carbocycles. The van der Waals surface area contributed by atoms with Crippen molar-refractivity contribution >= 4 is 11.9 Å². The molecule has 118 valence electrons. The Morgan fingerprint density at radius 1 is 1.17 bits per heavy atom. The molecule has 0 unspecified atom stereocenters. The van der Waals surface area contributed by atoms with Gasteiger partial charge >= 0.3 is 0 Å². The molecule has 2 fully saturated rings. The van der Waals surface area contributed by atoms with Crippen LogP contribution < -0.4 is 10.6 Å². The predicted octanol–water partition coefficient (Wildman–Crippen LogP) is 0.988. The Hall–Kier alpha value is -2.76. The Morgan fingerprint density at radius 2 is 1.87 bits per heavy atom. The van der Waals surface area contributed by atoms with E-state index >= 15 is 0 Å². The highest BCUT2D eigenvalue weighted by atomic mass is 15.4. The number of hydrogen-bond acceptors (Lipinski definition) is 8. The summed E-state index contributed by atoms with van der Waals surface area (Å²) in [5.74, 6) is 1.94. The van der Waals surface area contributed by atoms with E-state index in [4.69, 9.17) is 0 Å². The molecule has 2 N–H and O–H groups in total. The van der Waals surface area contributed by atoms with Crippen LogP contribution in [0.5, 0.6) is 0 Å². The lowest BCUT2D eigenvalue weighted by atomic mass is 9.89. The SMILES string of the molecule is CNc1nc(NC(C#N)(C2CC2)C2CC2)nc(-n2cncn2)n1. The number of rotatable bonds is 6. The van der Waals surface area contributed by atoms with E-state index in [0.717, 1.165) is 25.7 Å². The van der Waals surface area contributed by atoms with Gasteiger partial charge in [-0.1, -0.05) is 0 Å². The van der Waals surface area contributed by atoms with E-state index in [2.05, 4.69) is 41.7 Å². The molecule has 23 heavy (non-hydrogen) atoms. The predicted molar refractivity (Wildman–Crippen MR) is 81.7 cm³/mol. The Balaban J connectivity index is 1.70. The van der Waals surface area contributed by atoms with Gasteiger partial charge in [0.05, 0.1) is 6.07 Å². The van der Waals surface area contributed by atoms with Crippen molar-refractivity contribution in [3.8, 4) is 12.0 Å². The fraction of sp³-hybridized carbons (Fsp3) is 0.571. The van der Waals surface area contributed by atoms with Crippen molar-refractivity contribution in [2.24, 2.45) is 11.8 Å². The molecule has 2 saturated carbocycles. The molecular weight excluding hydrogens is 294 g/mol. The van der Waals surface area contributed by atoms with Gasteiger partial charge in [0.15, 0.2) is 0 Å². The lowest BCUT2D eigenvalue weighted by Gasteiger charge is -2.28. The Bertz CT molecular complexity index is 728. The summed E-state index contributed by atoms with van der Waals surface area (Å²) in [6.07, 6.45) is 7.27. The van der Waals surface area contributed by atoms with Crippen molar-refractivity contribution in [1.82, 2.24) is 29.7 Å². The van der Waals surface area contributed by atoms with Gasteiger partial charge in [-0.2, -0.15) is 30.0 Å². The normalized spacial score (nSPS) is 17.6. The highest BCUT2D eigenvalue weighted by Crippen LogP contribution is 2.53. The zero-order valence-electron chi connectivity index (χ0n) is 12.8. The van der Waals surface area contributed by atoms with Crippen LogP contribution in [0.3, 0.4) is 0 Å². The van der Waals surface area contributed by atoms with Gasteiger partial charge in [0.25, 0.3) is 5.95 Å². The van der Waals surface area contributed by atoms with Gasteiger partial charge in [-0.15, -0.1) is 0 Å². The Kier molecular flexibility index (Phi) is 3.11. The van der Waals surface area contributed by atoms with Gasteiger partial charge in [-0.3, -0.25) is 0 Å². The second kappa shape index (κ2) is 5.15. The number of hydrogen-bond donors (Lipinski definition) is 2. The lowest BCUT2D eigenvalue weighted by molar-refractivity contribution is 0.451. The van der Waals surface area contributed by atoms with Gasteiger partial charge < -0.3 is 10.6 Å². The van der Waals surface area contributed by atoms with Crippen LogP contribution in [0.25, 0.3) is 5.95 Å². The van der Waals surface area contributed by atoms with Crippen molar-refractivity contribution in [3.63, 3.8) is 0 Å². The van der Waals surface area contributed by atoms with Crippen molar-refractivity contribution < 1.29 is 0 Å². The number of nitrogens with zero attached hydrogens (tertiary/aromatic N) is 7. The zero-order valence-corrected chi connectivity index (χ0v) is 12.8. The first-order valence-electron chi connectivity index (χ1n) is 7.73. The van der Waals surface area contributed by atoms with Crippen LogP contribution >= 0.6 is 0 Å². The minimum atomic E-state index is -0.563. The molecule has 2 aromatic rings. The van der Waals surface area contributed by atoms with Gasteiger partial charge in [-0.25, -0.2) is 4.98 Å². The maximum Gasteiger partial charge on any atom is 0.258 e. The largest absolute Gasteiger partial charge is 0.357 e. The average Bonchev–Trinajstić information content (AvgIpc) is 3.51. The highest BCUT2D eigenvalue weighted by molar-refractivity contribution is 5.44. The van der Waals surface area contributed by atoms with E-state index in [1.54, 1.807) is 7.05 Å². The van der Waals surface area contributed by atoms with Gasteiger partial charge in [0, 0.05) is 7.05 Å². The Morgan fingerprint density at radius 3 is 2.39 bits per heavy atom. The monoisotopic (exact) mass is 311 g/mol. The van der Waals surface area contributed by atoms with Crippen molar-refractivity contribution in [2.75, 3.05) is 17.7 Å². The second-order valence-electron chi connectivity index (χ2n) is 6.03. The number of nitriles is 1. The summed E-state index contributed by atoms with van der Waals surface area (Å²) in [5, 5.41) is 20.1. The van der Waals surface area contributed by atoms with Crippen LogP contribution in [-0.4, -0.2) is 42.3 Å². The van der Waals surface area contributed by atoms with Crippen LogP contribution in [0, 0.1) is 23.2 Å². The molecule has 2 heterocycles. The molecule has 0 bridgehead atoms. The number of nitrogens with one attached hydrogen (secondary N) is 2. The minimum absolute atomic E-state index is 0.364. The number of anilines is 2. The summed E-state index contributed by atoms with van der Waals surface area (Å²) in [7, 11) is 1.74. The molecule has 4 rings (SSSR count). The molecule has 0 atom stereocenters. The lowest BCUT2D eigenvalue weighted by Crippen LogP contribution is -2.42. The van der Waals surface area contributed by atoms with Gasteiger partial charge in [-0.05, 0) is 37.5 Å². The summed E-state index contributed by atoms with van der Waals surface area (Å²) >= 11 is 0. The third-order valence-corrected chi connectivity index (χ3v) is 4.42. The van der Waals surface area contributed by atoms with E-state index in [9.17, 15) is 5.26 Å². The molecule has 0 aliphatic heterocycles. The van der Waals surface area contributed by atoms with Crippen LogP contribution in [0.4, 0.5) is 11.9 Å². The summed E-state index contributed by atoms with van der Waals surface area (Å²) in [6.45, 7) is 0. The maximum absolute atomic E-state index is 9.81. The highest BCUT2D eigenvalue weighted by Gasteiger charge is 2.55. The van der Waals surface area contributed by atoms with Crippen LogP contribution in [0.2, 0.25) is 0 Å². The summed E-state index contributed by atoms with van der Waals surface area (Å²) in [6, 6.07) is 2.51. The van der Waals surface area contributed by atoms with E-state index in [-0.39, 0.29) is 0 Å². The average molecular weight is 311 g/mol. The summed E-state index contributed by atoms with van der Waals surface area (Å²) in [4.78, 5) is 17.0. The summed E-state index contributed by atoms with van der Waals surface area (Å²) < 4.78 is 1.47.